The minimum atomic E-state index is -0.665. The number of rotatable bonds is 7. The smallest absolute Gasteiger partial charge is 0.0903 e. The zero-order chi connectivity index (χ0) is 9.45. The second-order valence-corrected chi connectivity index (χ2v) is 2.77. The average molecular weight is 175 g/mol. The van der Waals surface area contributed by atoms with Crippen LogP contribution in [-0.4, -0.2) is 18.7 Å². The molecule has 0 aliphatic heterocycles. The van der Waals surface area contributed by atoms with Crippen molar-refractivity contribution in [3.8, 4) is 0 Å². The first-order valence-corrected chi connectivity index (χ1v) is 3.64. The summed E-state index contributed by atoms with van der Waals surface area (Å²) in [6.07, 6.45) is 0.811. The van der Waals surface area contributed by atoms with Crippen LogP contribution in [0.3, 0.4) is 0 Å². The van der Waals surface area contributed by atoms with Gasteiger partial charge in [-0.15, -0.1) is 0 Å². The molecule has 0 bridgehead atoms. The summed E-state index contributed by atoms with van der Waals surface area (Å²) in [6.45, 7) is 1.97. The van der Waals surface area contributed by atoms with Gasteiger partial charge in [-0.2, -0.15) is 9.81 Å². The molecule has 6 nitrogen and oxygen atoms in total. The van der Waals surface area contributed by atoms with Gasteiger partial charge in [0.05, 0.1) is 18.7 Å². The lowest BCUT2D eigenvalue weighted by molar-refractivity contribution is -0.0422. The monoisotopic (exact) mass is 175 g/mol. The van der Waals surface area contributed by atoms with Gasteiger partial charge in [0.15, 0.2) is 0 Å². The van der Waals surface area contributed by atoms with E-state index in [2.05, 4.69) is 15.2 Å². The standard InChI is InChI=1S/C6H13N3O3/c1-6(12-7,2-4-8-10)3-5-9-11/h2-5,7H2,1H3. The molecule has 70 valence electrons. The summed E-state index contributed by atoms with van der Waals surface area (Å²) in [6, 6.07) is 0. The van der Waals surface area contributed by atoms with E-state index in [4.69, 9.17) is 5.90 Å². The van der Waals surface area contributed by atoms with E-state index in [1.807, 2.05) is 0 Å². The maximum atomic E-state index is 9.81. The van der Waals surface area contributed by atoms with E-state index in [0.29, 0.717) is 12.8 Å². The van der Waals surface area contributed by atoms with Crippen LogP contribution in [0.2, 0.25) is 0 Å². The molecule has 0 spiro atoms. The van der Waals surface area contributed by atoms with Gasteiger partial charge in [0.1, 0.15) is 0 Å². The van der Waals surface area contributed by atoms with Crippen molar-refractivity contribution < 1.29 is 4.84 Å². The summed E-state index contributed by atoms with van der Waals surface area (Å²) in [7, 11) is 0. The largest absolute Gasteiger partial charge is 0.298 e. The summed E-state index contributed by atoms with van der Waals surface area (Å²) in [5.74, 6) is 5.00. The van der Waals surface area contributed by atoms with Crippen molar-refractivity contribution in [1.82, 2.24) is 0 Å². The second kappa shape index (κ2) is 5.73. The molecule has 0 aromatic carbocycles. The fraction of sp³-hybridized carbons (Fsp3) is 1.00. The third-order valence-electron chi connectivity index (χ3n) is 1.75. The average Bonchev–Trinajstić information content (AvgIpc) is 2.11. The van der Waals surface area contributed by atoms with Crippen molar-refractivity contribution >= 4 is 0 Å². The Morgan fingerprint density at radius 3 is 1.92 bits per heavy atom. The van der Waals surface area contributed by atoms with Gasteiger partial charge in [-0.3, -0.25) is 4.84 Å². The molecule has 0 aromatic rings. The molecule has 0 fully saturated rings. The SMILES string of the molecule is CC(CCN=O)(CCN=O)ON. The van der Waals surface area contributed by atoms with Crippen molar-refractivity contribution in [2.75, 3.05) is 13.1 Å². The molecule has 0 aliphatic carbocycles. The van der Waals surface area contributed by atoms with Crippen LogP contribution < -0.4 is 5.90 Å². The Morgan fingerprint density at radius 2 is 1.67 bits per heavy atom. The Labute approximate surface area is 70.4 Å². The zero-order valence-corrected chi connectivity index (χ0v) is 7.02. The molecule has 0 saturated carbocycles. The van der Waals surface area contributed by atoms with Crippen LogP contribution in [0.15, 0.2) is 10.4 Å². The van der Waals surface area contributed by atoms with Crippen molar-refractivity contribution in [3.63, 3.8) is 0 Å². The van der Waals surface area contributed by atoms with Gasteiger partial charge in [-0.1, -0.05) is 10.4 Å². The first-order chi connectivity index (χ1) is 5.68. The summed E-state index contributed by atoms with van der Waals surface area (Å²) >= 11 is 0. The Kier molecular flexibility index (Phi) is 5.31. The number of nitrogens with two attached hydrogens (primary N) is 1. The highest BCUT2D eigenvalue weighted by molar-refractivity contribution is 4.76. The van der Waals surface area contributed by atoms with Gasteiger partial charge in [0.2, 0.25) is 0 Å². The van der Waals surface area contributed by atoms with Crippen molar-refractivity contribution in [1.29, 1.82) is 0 Å². The van der Waals surface area contributed by atoms with E-state index in [-0.39, 0.29) is 13.1 Å². The Balaban J connectivity index is 3.84. The molecule has 0 radical (unpaired) electrons. The third kappa shape index (κ3) is 4.09. The molecule has 0 rings (SSSR count). The predicted octanol–water partition coefficient (Wildman–Crippen LogP) is 0.948. The molecular weight excluding hydrogens is 162 g/mol. The van der Waals surface area contributed by atoms with Gasteiger partial charge in [0.25, 0.3) is 0 Å². The minimum Gasteiger partial charge on any atom is -0.298 e. The molecule has 0 unspecified atom stereocenters. The van der Waals surface area contributed by atoms with Gasteiger partial charge >= 0.3 is 0 Å². The molecule has 12 heavy (non-hydrogen) atoms. The quantitative estimate of drug-likeness (QED) is 0.460. The summed E-state index contributed by atoms with van der Waals surface area (Å²) in [5.41, 5.74) is -0.665. The first kappa shape index (κ1) is 11.1. The number of nitroso groups, excluding NO2 is 2. The predicted molar refractivity (Wildman–Crippen MR) is 44.2 cm³/mol. The molecule has 0 aliphatic rings. The normalized spacial score (nSPS) is 11.2. The first-order valence-electron chi connectivity index (χ1n) is 3.64. The van der Waals surface area contributed by atoms with E-state index in [0.717, 1.165) is 0 Å². The van der Waals surface area contributed by atoms with Gasteiger partial charge in [0, 0.05) is 12.8 Å². The molecular formula is C6H13N3O3. The highest BCUT2D eigenvalue weighted by atomic mass is 16.6. The van der Waals surface area contributed by atoms with E-state index >= 15 is 0 Å². The van der Waals surface area contributed by atoms with E-state index in [1.165, 1.54) is 0 Å². The van der Waals surface area contributed by atoms with Gasteiger partial charge in [-0.25, -0.2) is 5.90 Å². The number of hydrogen-bond donors (Lipinski definition) is 1. The van der Waals surface area contributed by atoms with Gasteiger partial charge < -0.3 is 0 Å². The highest BCUT2D eigenvalue weighted by Crippen LogP contribution is 2.17. The topological polar surface area (TPSA) is 94.1 Å². The van der Waals surface area contributed by atoms with Crippen LogP contribution in [0.5, 0.6) is 0 Å². The molecule has 0 heterocycles. The summed E-state index contributed by atoms with van der Waals surface area (Å²) in [4.78, 5) is 24.3. The van der Waals surface area contributed by atoms with Crippen LogP contribution in [0, 0.1) is 9.81 Å². The molecule has 0 atom stereocenters. The fourth-order valence-electron chi connectivity index (χ4n) is 0.807. The van der Waals surface area contributed by atoms with Gasteiger partial charge in [-0.05, 0) is 6.92 Å². The van der Waals surface area contributed by atoms with Crippen LogP contribution in [0.1, 0.15) is 19.8 Å². The maximum Gasteiger partial charge on any atom is 0.0903 e. The van der Waals surface area contributed by atoms with Crippen LogP contribution in [0.25, 0.3) is 0 Å². The van der Waals surface area contributed by atoms with Crippen molar-refractivity contribution in [3.05, 3.63) is 9.81 Å². The molecule has 6 heteroatoms. The van der Waals surface area contributed by atoms with E-state index in [1.54, 1.807) is 6.92 Å². The van der Waals surface area contributed by atoms with Crippen LogP contribution >= 0.6 is 0 Å². The number of hydrogen-bond acceptors (Lipinski definition) is 6. The minimum absolute atomic E-state index is 0.132. The van der Waals surface area contributed by atoms with Crippen molar-refractivity contribution in [2.45, 2.75) is 25.4 Å². The highest BCUT2D eigenvalue weighted by Gasteiger charge is 2.24. The lowest BCUT2D eigenvalue weighted by atomic mass is 9.98. The second-order valence-electron chi connectivity index (χ2n) is 2.77. The number of nitrogens with zero attached hydrogens (tertiary/aromatic N) is 2. The van der Waals surface area contributed by atoms with Crippen LogP contribution in [-0.2, 0) is 4.84 Å². The molecule has 0 saturated heterocycles. The molecule has 0 aromatic heterocycles. The maximum absolute atomic E-state index is 9.81. The third-order valence-corrected chi connectivity index (χ3v) is 1.75. The lowest BCUT2D eigenvalue weighted by Crippen LogP contribution is -2.33. The Hall–Kier alpha value is -0.880. The Morgan fingerprint density at radius 1 is 1.25 bits per heavy atom. The van der Waals surface area contributed by atoms with E-state index in [9.17, 15) is 9.81 Å². The zero-order valence-electron chi connectivity index (χ0n) is 7.02. The fourth-order valence-corrected chi connectivity index (χ4v) is 0.807. The summed E-state index contributed by atoms with van der Waals surface area (Å²) in [5, 5.41) is 5.36. The molecule has 0 amide bonds. The lowest BCUT2D eigenvalue weighted by Gasteiger charge is -2.24. The Bertz CT molecular complexity index is 139. The molecule has 2 N–H and O–H groups in total. The summed E-state index contributed by atoms with van der Waals surface area (Å²) < 4.78 is 0. The van der Waals surface area contributed by atoms with Crippen LogP contribution in [0.4, 0.5) is 0 Å². The van der Waals surface area contributed by atoms with E-state index < -0.39 is 5.60 Å². The van der Waals surface area contributed by atoms with Crippen molar-refractivity contribution in [2.24, 2.45) is 16.3 Å².